The van der Waals surface area contributed by atoms with E-state index in [0.29, 0.717) is 11.6 Å². The summed E-state index contributed by atoms with van der Waals surface area (Å²) in [5, 5.41) is 7.46. The first-order valence-electron chi connectivity index (χ1n) is 11.8. The van der Waals surface area contributed by atoms with Crippen molar-refractivity contribution in [2.75, 3.05) is 17.2 Å². The minimum atomic E-state index is -0.209. The lowest BCUT2D eigenvalue weighted by Gasteiger charge is -2.17. The maximum Gasteiger partial charge on any atom is 0.262 e. The Kier molecular flexibility index (Phi) is 6.62. The highest BCUT2D eigenvalue weighted by Gasteiger charge is 2.11. The van der Waals surface area contributed by atoms with Crippen LogP contribution in [0.3, 0.4) is 0 Å². The third-order valence-corrected chi connectivity index (χ3v) is 5.84. The van der Waals surface area contributed by atoms with Gasteiger partial charge in [-0.2, -0.15) is 0 Å². The molecule has 7 heteroatoms. The van der Waals surface area contributed by atoms with Gasteiger partial charge in [0, 0.05) is 29.0 Å². The molecule has 3 aromatic carbocycles. The number of carbonyl (C=O) groups excluding carboxylic acids is 1. The van der Waals surface area contributed by atoms with E-state index >= 15 is 0 Å². The lowest BCUT2D eigenvalue weighted by Crippen LogP contribution is -2.20. The number of nitrogens with zero attached hydrogens (tertiary/aromatic N) is 2. The van der Waals surface area contributed by atoms with Gasteiger partial charge in [0.05, 0.1) is 11.7 Å². The molecule has 36 heavy (non-hydrogen) atoms. The number of hydrogen-bond acceptors (Lipinski definition) is 5. The summed E-state index contributed by atoms with van der Waals surface area (Å²) in [5.41, 5.74) is 4.71. The van der Waals surface area contributed by atoms with Crippen LogP contribution in [0.5, 0.6) is 5.75 Å². The second-order valence-electron chi connectivity index (χ2n) is 8.61. The van der Waals surface area contributed by atoms with Crippen molar-refractivity contribution in [3.05, 3.63) is 103 Å². The molecule has 0 aliphatic rings. The van der Waals surface area contributed by atoms with Gasteiger partial charge in [-0.25, -0.2) is 9.97 Å². The number of aromatic amines is 1. The van der Waals surface area contributed by atoms with E-state index in [1.54, 1.807) is 0 Å². The molecule has 0 spiro atoms. The molecular weight excluding hydrogens is 450 g/mol. The molecular formula is C29H27N5O2. The lowest BCUT2D eigenvalue weighted by atomic mass is 10.1. The fourth-order valence-corrected chi connectivity index (χ4v) is 4.04. The minimum Gasteiger partial charge on any atom is -0.484 e. The molecule has 5 rings (SSSR count). The summed E-state index contributed by atoms with van der Waals surface area (Å²) in [6, 6.07) is 27.2. The molecule has 0 bridgehead atoms. The molecule has 1 amide bonds. The smallest absolute Gasteiger partial charge is 0.262 e. The van der Waals surface area contributed by atoms with Crippen molar-refractivity contribution in [2.24, 2.45) is 0 Å². The number of fused-ring (bicyclic) bond motifs is 1. The van der Waals surface area contributed by atoms with Crippen molar-refractivity contribution >= 4 is 28.3 Å². The Labute approximate surface area is 209 Å². The SMILES string of the molecule is Cc1nc(NC(C)c2cccc(OCC(=O)Nc3ccccc3)c2)cc(-c2ccc3cc[nH]c3c2)n1. The highest BCUT2D eigenvalue weighted by molar-refractivity contribution is 5.91. The maximum absolute atomic E-state index is 12.2. The average molecular weight is 478 g/mol. The molecule has 2 heterocycles. The van der Waals surface area contributed by atoms with Gasteiger partial charge in [0.15, 0.2) is 6.61 Å². The van der Waals surface area contributed by atoms with Crippen LogP contribution in [-0.2, 0) is 4.79 Å². The van der Waals surface area contributed by atoms with Gasteiger partial charge in [-0.1, -0.05) is 42.5 Å². The topological polar surface area (TPSA) is 91.9 Å². The normalized spacial score (nSPS) is 11.7. The van der Waals surface area contributed by atoms with Crippen molar-refractivity contribution in [1.29, 1.82) is 0 Å². The van der Waals surface area contributed by atoms with Crippen LogP contribution >= 0.6 is 0 Å². The molecule has 0 radical (unpaired) electrons. The molecule has 0 saturated carbocycles. The number of amides is 1. The van der Waals surface area contributed by atoms with Crippen LogP contribution in [-0.4, -0.2) is 27.5 Å². The van der Waals surface area contributed by atoms with E-state index in [9.17, 15) is 4.79 Å². The molecule has 0 saturated heterocycles. The summed E-state index contributed by atoms with van der Waals surface area (Å²) in [4.78, 5) is 24.7. The van der Waals surface area contributed by atoms with Crippen molar-refractivity contribution in [3.63, 3.8) is 0 Å². The molecule has 7 nitrogen and oxygen atoms in total. The Morgan fingerprint density at radius 3 is 2.69 bits per heavy atom. The Bertz CT molecular complexity index is 1500. The quantitative estimate of drug-likeness (QED) is 0.250. The van der Waals surface area contributed by atoms with Gasteiger partial charge >= 0.3 is 0 Å². The van der Waals surface area contributed by atoms with Crippen LogP contribution in [0.15, 0.2) is 91.1 Å². The van der Waals surface area contributed by atoms with Gasteiger partial charge in [0.1, 0.15) is 17.4 Å². The van der Waals surface area contributed by atoms with Crippen molar-refractivity contribution in [1.82, 2.24) is 15.0 Å². The van der Waals surface area contributed by atoms with Crippen LogP contribution in [0.1, 0.15) is 24.4 Å². The number of carbonyl (C=O) groups is 1. The summed E-state index contributed by atoms with van der Waals surface area (Å²) in [6.07, 6.45) is 1.93. The predicted octanol–water partition coefficient (Wildman–Crippen LogP) is 6.12. The van der Waals surface area contributed by atoms with E-state index in [4.69, 9.17) is 4.74 Å². The number of aromatic nitrogens is 3. The fourth-order valence-electron chi connectivity index (χ4n) is 4.04. The largest absolute Gasteiger partial charge is 0.484 e. The van der Waals surface area contributed by atoms with Gasteiger partial charge in [-0.15, -0.1) is 0 Å². The van der Waals surface area contributed by atoms with Crippen LogP contribution < -0.4 is 15.4 Å². The van der Waals surface area contributed by atoms with Crippen LogP contribution in [0.25, 0.3) is 22.2 Å². The number of hydrogen-bond donors (Lipinski definition) is 3. The highest BCUT2D eigenvalue weighted by Crippen LogP contribution is 2.27. The van der Waals surface area contributed by atoms with Gasteiger partial charge in [-0.3, -0.25) is 4.79 Å². The number of H-pyrrole nitrogens is 1. The maximum atomic E-state index is 12.2. The average Bonchev–Trinajstić information content (AvgIpc) is 3.36. The Morgan fingerprint density at radius 2 is 1.83 bits per heavy atom. The number of benzene rings is 3. The second kappa shape index (κ2) is 10.3. The van der Waals surface area contributed by atoms with E-state index in [0.717, 1.165) is 39.2 Å². The zero-order valence-electron chi connectivity index (χ0n) is 20.2. The van der Waals surface area contributed by atoms with Crippen molar-refractivity contribution < 1.29 is 9.53 Å². The third-order valence-electron chi connectivity index (χ3n) is 5.84. The Hall–Kier alpha value is -4.65. The van der Waals surface area contributed by atoms with E-state index in [1.165, 1.54) is 0 Å². The van der Waals surface area contributed by atoms with E-state index in [2.05, 4.69) is 50.7 Å². The number of rotatable bonds is 8. The molecule has 1 atom stereocenters. The summed E-state index contributed by atoms with van der Waals surface area (Å²) in [6.45, 7) is 3.88. The molecule has 3 N–H and O–H groups in total. The van der Waals surface area contributed by atoms with E-state index < -0.39 is 0 Å². The second-order valence-corrected chi connectivity index (χ2v) is 8.61. The first-order chi connectivity index (χ1) is 17.5. The number of aryl methyl sites for hydroxylation is 1. The summed E-state index contributed by atoms with van der Waals surface area (Å²) in [7, 11) is 0. The Morgan fingerprint density at radius 1 is 0.972 bits per heavy atom. The fraction of sp³-hybridized carbons (Fsp3) is 0.138. The molecule has 0 aliphatic carbocycles. The van der Waals surface area contributed by atoms with Crippen molar-refractivity contribution in [2.45, 2.75) is 19.9 Å². The number of para-hydroxylation sites is 1. The van der Waals surface area contributed by atoms with Crippen LogP contribution in [0.2, 0.25) is 0 Å². The van der Waals surface area contributed by atoms with Gasteiger partial charge < -0.3 is 20.4 Å². The van der Waals surface area contributed by atoms with Crippen molar-refractivity contribution in [3.8, 4) is 17.0 Å². The van der Waals surface area contributed by atoms with Crippen LogP contribution in [0, 0.1) is 6.92 Å². The van der Waals surface area contributed by atoms with Gasteiger partial charge in [0.2, 0.25) is 0 Å². The number of ether oxygens (including phenoxy) is 1. The van der Waals surface area contributed by atoms with Crippen LogP contribution in [0.4, 0.5) is 11.5 Å². The monoisotopic (exact) mass is 477 g/mol. The zero-order chi connectivity index (χ0) is 24.9. The predicted molar refractivity (Wildman–Crippen MR) is 143 cm³/mol. The third kappa shape index (κ3) is 5.52. The first kappa shape index (κ1) is 23.1. The lowest BCUT2D eigenvalue weighted by molar-refractivity contribution is -0.118. The van der Waals surface area contributed by atoms with E-state index in [1.807, 2.05) is 79.9 Å². The number of nitrogens with one attached hydrogen (secondary N) is 3. The summed E-state index contributed by atoms with van der Waals surface area (Å²) in [5.74, 6) is 1.85. The first-order valence-corrected chi connectivity index (χ1v) is 11.8. The molecule has 2 aromatic heterocycles. The number of anilines is 2. The standard InChI is InChI=1S/C29H27N5O2/c1-19(22-7-6-10-25(15-22)36-18-29(35)34-24-8-4-3-5-9-24)31-28-17-27(32-20(2)33-28)23-12-11-21-13-14-30-26(21)16-23/h3-17,19,30H,18H2,1-2H3,(H,34,35)(H,31,32,33). The molecule has 5 aromatic rings. The van der Waals surface area contributed by atoms with Gasteiger partial charge in [-0.05, 0) is 61.2 Å². The molecule has 0 aliphatic heterocycles. The Balaban J connectivity index is 1.26. The molecule has 180 valence electrons. The zero-order valence-corrected chi connectivity index (χ0v) is 20.2. The van der Waals surface area contributed by atoms with E-state index in [-0.39, 0.29) is 18.6 Å². The van der Waals surface area contributed by atoms with Gasteiger partial charge in [0.25, 0.3) is 5.91 Å². The molecule has 1 unspecified atom stereocenters. The molecule has 0 fully saturated rings. The summed E-state index contributed by atoms with van der Waals surface area (Å²) >= 11 is 0. The summed E-state index contributed by atoms with van der Waals surface area (Å²) < 4.78 is 5.74. The minimum absolute atomic E-state index is 0.0419. The highest BCUT2D eigenvalue weighted by atomic mass is 16.5.